The van der Waals surface area contributed by atoms with E-state index in [1.807, 2.05) is 13.8 Å². The number of hydrogen-bond donors (Lipinski definition) is 0. The highest BCUT2D eigenvalue weighted by Crippen LogP contribution is 2.08. The molecule has 0 aromatic carbocycles. The van der Waals surface area contributed by atoms with E-state index in [-0.39, 0.29) is 12.4 Å². The summed E-state index contributed by atoms with van der Waals surface area (Å²) in [5.41, 5.74) is 0. The van der Waals surface area contributed by atoms with E-state index in [1.54, 1.807) is 7.11 Å². The third-order valence-corrected chi connectivity index (χ3v) is 1.18. The SMILES string of the molecule is COC(OC(C)C)C(C)C. The lowest BCUT2D eigenvalue weighted by Crippen LogP contribution is -2.25. The van der Waals surface area contributed by atoms with Crippen molar-refractivity contribution in [3.8, 4) is 0 Å². The van der Waals surface area contributed by atoms with Crippen LogP contribution in [0.25, 0.3) is 0 Å². The van der Waals surface area contributed by atoms with Crippen LogP contribution in [0.15, 0.2) is 0 Å². The quantitative estimate of drug-likeness (QED) is 0.565. The van der Waals surface area contributed by atoms with E-state index in [2.05, 4.69) is 13.8 Å². The van der Waals surface area contributed by atoms with Crippen LogP contribution in [0.2, 0.25) is 0 Å². The molecule has 0 fully saturated rings. The Labute approximate surface area is 63.5 Å². The van der Waals surface area contributed by atoms with Gasteiger partial charge in [0.15, 0.2) is 6.29 Å². The highest BCUT2D eigenvalue weighted by molar-refractivity contribution is 4.50. The summed E-state index contributed by atoms with van der Waals surface area (Å²) in [5, 5.41) is 0. The number of ether oxygens (including phenoxy) is 2. The molecule has 1 unspecified atom stereocenters. The molecule has 0 heterocycles. The van der Waals surface area contributed by atoms with Crippen LogP contribution in [0.4, 0.5) is 0 Å². The molecule has 0 aliphatic heterocycles. The molecular weight excluding hydrogens is 128 g/mol. The maximum Gasteiger partial charge on any atom is 0.159 e. The van der Waals surface area contributed by atoms with Gasteiger partial charge in [0.05, 0.1) is 6.10 Å². The lowest BCUT2D eigenvalue weighted by atomic mass is 10.2. The Morgan fingerprint density at radius 1 is 1.00 bits per heavy atom. The van der Waals surface area contributed by atoms with E-state index < -0.39 is 0 Å². The molecule has 62 valence electrons. The van der Waals surface area contributed by atoms with E-state index in [0.29, 0.717) is 5.92 Å². The van der Waals surface area contributed by atoms with E-state index >= 15 is 0 Å². The Hall–Kier alpha value is -0.0800. The van der Waals surface area contributed by atoms with Crippen LogP contribution >= 0.6 is 0 Å². The van der Waals surface area contributed by atoms with Gasteiger partial charge in [-0.3, -0.25) is 0 Å². The molecule has 0 bridgehead atoms. The van der Waals surface area contributed by atoms with Gasteiger partial charge < -0.3 is 9.47 Å². The van der Waals surface area contributed by atoms with E-state index in [9.17, 15) is 0 Å². The molecule has 0 amide bonds. The summed E-state index contributed by atoms with van der Waals surface area (Å²) < 4.78 is 10.5. The first-order chi connectivity index (χ1) is 4.57. The van der Waals surface area contributed by atoms with Crippen LogP contribution in [0, 0.1) is 5.92 Å². The van der Waals surface area contributed by atoms with Crippen molar-refractivity contribution in [1.29, 1.82) is 0 Å². The first-order valence-corrected chi connectivity index (χ1v) is 3.76. The Kier molecular flexibility index (Phi) is 4.65. The van der Waals surface area contributed by atoms with Crippen LogP contribution in [0.1, 0.15) is 27.7 Å². The van der Waals surface area contributed by atoms with Gasteiger partial charge in [0.25, 0.3) is 0 Å². The molecule has 0 aliphatic rings. The zero-order chi connectivity index (χ0) is 8.15. The number of methoxy groups -OCH3 is 1. The second-order valence-electron chi connectivity index (χ2n) is 3.03. The third-order valence-electron chi connectivity index (χ3n) is 1.18. The van der Waals surface area contributed by atoms with Crippen molar-refractivity contribution in [3.05, 3.63) is 0 Å². The summed E-state index contributed by atoms with van der Waals surface area (Å²) in [5.74, 6) is 0.424. The van der Waals surface area contributed by atoms with Crippen molar-refractivity contribution in [2.24, 2.45) is 5.92 Å². The Balaban J connectivity index is 3.60. The Morgan fingerprint density at radius 3 is 1.60 bits per heavy atom. The zero-order valence-electron chi connectivity index (χ0n) is 7.55. The largest absolute Gasteiger partial charge is 0.356 e. The smallest absolute Gasteiger partial charge is 0.159 e. The minimum absolute atomic E-state index is 0.0556. The summed E-state index contributed by atoms with van der Waals surface area (Å²) in [4.78, 5) is 0. The zero-order valence-corrected chi connectivity index (χ0v) is 7.55. The highest BCUT2D eigenvalue weighted by Gasteiger charge is 2.13. The van der Waals surface area contributed by atoms with Crippen molar-refractivity contribution in [3.63, 3.8) is 0 Å². The molecular formula is C8H18O2. The van der Waals surface area contributed by atoms with Crippen LogP contribution in [0.3, 0.4) is 0 Å². The molecule has 0 aromatic rings. The second kappa shape index (κ2) is 4.69. The highest BCUT2D eigenvalue weighted by atomic mass is 16.7. The lowest BCUT2D eigenvalue weighted by molar-refractivity contribution is -0.169. The summed E-state index contributed by atoms with van der Waals surface area (Å²) in [6, 6.07) is 0. The van der Waals surface area contributed by atoms with Gasteiger partial charge in [0.2, 0.25) is 0 Å². The van der Waals surface area contributed by atoms with Gasteiger partial charge >= 0.3 is 0 Å². The maximum absolute atomic E-state index is 5.44. The molecule has 2 heteroatoms. The van der Waals surface area contributed by atoms with Crippen molar-refractivity contribution >= 4 is 0 Å². The molecule has 0 saturated heterocycles. The predicted molar refractivity (Wildman–Crippen MR) is 41.9 cm³/mol. The Morgan fingerprint density at radius 2 is 1.50 bits per heavy atom. The fourth-order valence-electron chi connectivity index (χ4n) is 0.753. The summed E-state index contributed by atoms with van der Waals surface area (Å²) in [6.45, 7) is 8.18. The van der Waals surface area contributed by atoms with E-state index in [1.165, 1.54) is 0 Å². The predicted octanol–water partition coefficient (Wildman–Crippen LogP) is 2.04. The summed E-state index contributed by atoms with van der Waals surface area (Å²) in [7, 11) is 1.67. The minimum Gasteiger partial charge on any atom is -0.356 e. The molecule has 0 aliphatic carbocycles. The third kappa shape index (κ3) is 3.85. The standard InChI is InChI=1S/C8H18O2/c1-6(2)8(9-5)10-7(3)4/h6-8H,1-5H3. The molecule has 0 N–H and O–H groups in total. The molecule has 0 aromatic heterocycles. The first-order valence-electron chi connectivity index (χ1n) is 3.76. The van der Waals surface area contributed by atoms with Crippen LogP contribution < -0.4 is 0 Å². The number of hydrogen-bond acceptors (Lipinski definition) is 2. The van der Waals surface area contributed by atoms with Crippen molar-refractivity contribution < 1.29 is 9.47 Å². The fourth-order valence-corrected chi connectivity index (χ4v) is 0.753. The second-order valence-corrected chi connectivity index (χ2v) is 3.03. The molecule has 1 atom stereocenters. The average Bonchev–Trinajstić information content (AvgIpc) is 1.81. The normalized spacial score (nSPS) is 14.7. The average molecular weight is 146 g/mol. The van der Waals surface area contributed by atoms with Crippen LogP contribution in [-0.2, 0) is 9.47 Å². The van der Waals surface area contributed by atoms with Gasteiger partial charge in [-0.1, -0.05) is 13.8 Å². The molecule has 0 rings (SSSR count). The van der Waals surface area contributed by atoms with Crippen LogP contribution in [-0.4, -0.2) is 19.5 Å². The topological polar surface area (TPSA) is 18.5 Å². The van der Waals surface area contributed by atoms with Gasteiger partial charge in [-0.2, -0.15) is 0 Å². The summed E-state index contributed by atoms with van der Waals surface area (Å²) >= 11 is 0. The van der Waals surface area contributed by atoms with Crippen molar-refractivity contribution in [2.75, 3.05) is 7.11 Å². The molecule has 0 saturated carbocycles. The van der Waals surface area contributed by atoms with Crippen LogP contribution in [0.5, 0.6) is 0 Å². The lowest BCUT2D eigenvalue weighted by Gasteiger charge is -2.21. The number of rotatable bonds is 4. The first kappa shape index (κ1) is 9.92. The van der Waals surface area contributed by atoms with Gasteiger partial charge in [-0.25, -0.2) is 0 Å². The molecule has 0 radical (unpaired) electrons. The van der Waals surface area contributed by atoms with Crippen molar-refractivity contribution in [2.45, 2.75) is 40.1 Å². The van der Waals surface area contributed by atoms with Gasteiger partial charge in [0.1, 0.15) is 0 Å². The fraction of sp³-hybridized carbons (Fsp3) is 1.00. The summed E-state index contributed by atoms with van der Waals surface area (Å²) in [6.07, 6.45) is 0.187. The minimum atomic E-state index is -0.0556. The molecule has 0 spiro atoms. The molecule has 2 nitrogen and oxygen atoms in total. The van der Waals surface area contributed by atoms with Gasteiger partial charge in [0, 0.05) is 13.0 Å². The van der Waals surface area contributed by atoms with Gasteiger partial charge in [-0.15, -0.1) is 0 Å². The maximum atomic E-state index is 5.44. The Bertz CT molecular complexity index is 79.3. The van der Waals surface area contributed by atoms with Gasteiger partial charge in [-0.05, 0) is 13.8 Å². The molecule has 10 heavy (non-hydrogen) atoms. The van der Waals surface area contributed by atoms with Crippen molar-refractivity contribution in [1.82, 2.24) is 0 Å². The van der Waals surface area contributed by atoms with E-state index in [0.717, 1.165) is 0 Å². The van der Waals surface area contributed by atoms with E-state index in [4.69, 9.17) is 9.47 Å². The monoisotopic (exact) mass is 146 g/mol.